The summed E-state index contributed by atoms with van der Waals surface area (Å²) in [5, 5.41) is 2.46. The van der Waals surface area contributed by atoms with Crippen molar-refractivity contribution in [1.29, 1.82) is 0 Å². The Morgan fingerprint density at radius 2 is 1.79 bits per heavy atom. The molecule has 0 aliphatic carbocycles. The van der Waals surface area contributed by atoms with E-state index in [0.717, 1.165) is 17.0 Å². The zero-order valence-corrected chi connectivity index (χ0v) is 28.1. The number of benzene rings is 3. The molecule has 0 spiro atoms. The van der Waals surface area contributed by atoms with Crippen LogP contribution < -0.4 is 21.0 Å². The highest BCUT2D eigenvalue weighted by molar-refractivity contribution is 7.92. The number of halogens is 2. The number of amides is 4. The van der Waals surface area contributed by atoms with Gasteiger partial charge in [0.2, 0.25) is 27.6 Å². The first kappa shape index (κ1) is 34.4. The number of hydrogen-bond acceptors (Lipinski definition) is 8. The minimum atomic E-state index is -3.92. The molecule has 0 saturated carbocycles. The summed E-state index contributed by atoms with van der Waals surface area (Å²) >= 11 is 0. The second kappa shape index (κ2) is 13.3. The van der Waals surface area contributed by atoms with Gasteiger partial charge in [0.15, 0.2) is 13.1 Å². The van der Waals surface area contributed by atoms with Gasteiger partial charge in [-0.3, -0.25) is 38.9 Å². The van der Waals surface area contributed by atoms with Gasteiger partial charge in [-0.25, -0.2) is 22.2 Å². The Morgan fingerprint density at radius 1 is 1.02 bits per heavy atom. The molecule has 7 rings (SSSR count). The van der Waals surface area contributed by atoms with E-state index in [4.69, 9.17) is 0 Å². The van der Waals surface area contributed by atoms with Crippen LogP contribution >= 0.6 is 0 Å². The normalized spacial score (nSPS) is 15.9. The lowest BCUT2D eigenvalue weighted by molar-refractivity contribution is -0.136. The second-order valence-corrected chi connectivity index (χ2v) is 14.2. The van der Waals surface area contributed by atoms with Crippen LogP contribution in [0.5, 0.6) is 0 Å². The zero-order chi connectivity index (χ0) is 36.9. The molecular weight excluding hydrogens is 695 g/mol. The number of pyridine rings is 1. The van der Waals surface area contributed by atoms with Gasteiger partial charge >= 0.3 is 0 Å². The Bertz CT molecular complexity index is 2470. The standard InChI is InChI=1S/C36H27BF2N5O7S/c1-2-14-52(50,51)43-26-11-10-25(38)30(31(26)39)32(46)23-17-41-33-22(23)15-19(16-40-33)18-6-8-20(9-7-18)37-24-5-3-4-21-29(24)36(49)44(35(21)48)27-12-13-28(45)42-34(27)47/h3-11,15-17,27,43H,2,12-14H2,1H3,(H,40,41)(H,42,45,47). The third kappa shape index (κ3) is 6.14. The average Bonchev–Trinajstić information content (AvgIpc) is 3.64. The number of hydrogen-bond donors (Lipinski definition) is 3. The molecule has 1 fully saturated rings. The van der Waals surface area contributed by atoms with E-state index >= 15 is 4.39 Å². The van der Waals surface area contributed by atoms with Crippen LogP contribution in [0, 0.1) is 11.6 Å². The summed E-state index contributed by atoms with van der Waals surface area (Å²) in [6.45, 7) is 1.63. The molecule has 16 heteroatoms. The molecule has 3 aromatic carbocycles. The monoisotopic (exact) mass is 722 g/mol. The quantitative estimate of drug-likeness (QED) is 0.112. The molecule has 4 heterocycles. The Kier molecular flexibility index (Phi) is 8.78. The highest BCUT2D eigenvalue weighted by Crippen LogP contribution is 2.30. The van der Waals surface area contributed by atoms with Gasteiger partial charge in [-0.2, -0.15) is 0 Å². The van der Waals surface area contributed by atoms with Gasteiger partial charge in [-0.15, -0.1) is 0 Å². The molecule has 0 bridgehead atoms. The molecule has 3 N–H and O–H groups in total. The number of fused-ring (bicyclic) bond motifs is 2. The van der Waals surface area contributed by atoms with Crippen LogP contribution in [-0.2, 0) is 19.6 Å². The lowest BCUT2D eigenvalue weighted by atomic mass is 9.62. The molecule has 52 heavy (non-hydrogen) atoms. The smallest absolute Gasteiger partial charge is 0.262 e. The minimum absolute atomic E-state index is 0.00936. The molecular formula is C36H27BF2N5O7S. The average molecular weight is 723 g/mol. The van der Waals surface area contributed by atoms with Crippen molar-refractivity contribution in [1.82, 2.24) is 20.2 Å². The maximum absolute atomic E-state index is 15.4. The molecule has 12 nitrogen and oxygen atoms in total. The van der Waals surface area contributed by atoms with Crippen molar-refractivity contribution in [3.05, 3.63) is 107 Å². The van der Waals surface area contributed by atoms with E-state index in [1.54, 1.807) is 62.9 Å². The largest absolute Gasteiger partial charge is 0.345 e. The number of aromatic amines is 1. The molecule has 261 valence electrons. The molecule has 1 saturated heterocycles. The molecule has 1 unspecified atom stereocenters. The third-order valence-corrected chi connectivity index (χ3v) is 10.4. The van der Waals surface area contributed by atoms with Crippen LogP contribution in [0.1, 0.15) is 62.8 Å². The highest BCUT2D eigenvalue weighted by atomic mass is 32.2. The van der Waals surface area contributed by atoms with E-state index in [1.807, 2.05) is 0 Å². The lowest BCUT2D eigenvalue weighted by Crippen LogP contribution is -2.54. The molecule has 4 amide bonds. The lowest BCUT2D eigenvalue weighted by Gasteiger charge is -2.27. The van der Waals surface area contributed by atoms with E-state index in [0.29, 0.717) is 22.1 Å². The summed E-state index contributed by atoms with van der Waals surface area (Å²) in [6.07, 6.45) is 3.14. The number of carbonyl (C=O) groups is 5. The maximum atomic E-state index is 15.4. The number of piperidine rings is 1. The predicted molar refractivity (Wildman–Crippen MR) is 187 cm³/mol. The third-order valence-electron chi connectivity index (χ3n) is 8.90. The molecule has 1 radical (unpaired) electrons. The topological polar surface area (TPSA) is 175 Å². The van der Waals surface area contributed by atoms with Gasteiger partial charge in [-0.05, 0) is 42.7 Å². The van der Waals surface area contributed by atoms with Crippen LogP contribution in [0.4, 0.5) is 14.5 Å². The SMILES string of the molecule is CCCS(=O)(=O)Nc1ccc(F)c(C(=O)c2c[nH]c3ncc(-c4ccc([B]c5cccc6c5C(=O)N(C5CCC(=O)NC5=O)C6=O)cc4)cc23)c1F. The van der Waals surface area contributed by atoms with Crippen molar-refractivity contribution in [3.8, 4) is 11.1 Å². The van der Waals surface area contributed by atoms with Crippen molar-refractivity contribution in [3.63, 3.8) is 0 Å². The van der Waals surface area contributed by atoms with Gasteiger partial charge < -0.3 is 4.98 Å². The van der Waals surface area contributed by atoms with Gasteiger partial charge in [-0.1, -0.05) is 54.2 Å². The Hall–Kier alpha value is -6.03. The van der Waals surface area contributed by atoms with Crippen molar-refractivity contribution < 1.29 is 41.2 Å². The van der Waals surface area contributed by atoms with Crippen molar-refractivity contribution in [2.24, 2.45) is 0 Å². The summed E-state index contributed by atoms with van der Waals surface area (Å²) in [4.78, 5) is 72.5. The van der Waals surface area contributed by atoms with E-state index in [9.17, 15) is 36.8 Å². The number of sulfonamides is 1. The van der Waals surface area contributed by atoms with Crippen LogP contribution in [0.2, 0.25) is 0 Å². The van der Waals surface area contributed by atoms with Crippen molar-refractivity contribution in [2.75, 3.05) is 10.5 Å². The van der Waals surface area contributed by atoms with Gasteiger partial charge in [0.05, 0.1) is 22.6 Å². The Labute approximate surface area is 295 Å². The summed E-state index contributed by atoms with van der Waals surface area (Å²) in [5.41, 5.74) is 1.40. The van der Waals surface area contributed by atoms with Crippen molar-refractivity contribution in [2.45, 2.75) is 32.2 Å². The Balaban J connectivity index is 1.14. The predicted octanol–water partition coefficient (Wildman–Crippen LogP) is 2.95. The minimum Gasteiger partial charge on any atom is -0.345 e. The van der Waals surface area contributed by atoms with Crippen LogP contribution in [0.25, 0.3) is 22.2 Å². The summed E-state index contributed by atoms with van der Waals surface area (Å²) in [7, 11) is -2.21. The first-order valence-corrected chi connectivity index (χ1v) is 17.8. The number of H-pyrrole nitrogens is 1. The van der Waals surface area contributed by atoms with E-state index in [-0.39, 0.29) is 52.7 Å². The molecule has 5 aromatic rings. The summed E-state index contributed by atoms with van der Waals surface area (Å²) in [5.74, 6) is -6.20. The zero-order valence-electron chi connectivity index (χ0n) is 27.3. The maximum Gasteiger partial charge on any atom is 0.262 e. The molecule has 2 aromatic heterocycles. The Morgan fingerprint density at radius 3 is 2.52 bits per heavy atom. The van der Waals surface area contributed by atoms with E-state index in [1.165, 1.54) is 12.3 Å². The number of ketones is 1. The fraction of sp³-hybridized carbons (Fsp3) is 0.167. The van der Waals surface area contributed by atoms with Crippen LogP contribution in [0.3, 0.4) is 0 Å². The van der Waals surface area contributed by atoms with Gasteiger partial charge in [0, 0.05) is 40.9 Å². The number of aromatic nitrogens is 2. The number of nitrogens with one attached hydrogen (secondary N) is 3. The fourth-order valence-electron chi connectivity index (χ4n) is 6.42. The number of anilines is 1. The summed E-state index contributed by atoms with van der Waals surface area (Å²) < 4.78 is 56.9. The van der Waals surface area contributed by atoms with Gasteiger partial charge in [0.25, 0.3) is 11.8 Å². The molecule has 1 atom stereocenters. The van der Waals surface area contributed by atoms with Crippen LogP contribution in [0.15, 0.2) is 73.1 Å². The number of carbonyl (C=O) groups excluding carboxylic acids is 5. The number of rotatable bonds is 10. The van der Waals surface area contributed by atoms with E-state index < -0.39 is 68.4 Å². The highest BCUT2D eigenvalue weighted by Gasteiger charge is 2.45. The summed E-state index contributed by atoms with van der Waals surface area (Å²) in [6, 6.07) is 14.2. The van der Waals surface area contributed by atoms with Crippen molar-refractivity contribution >= 4 is 74.4 Å². The van der Waals surface area contributed by atoms with E-state index in [2.05, 4.69) is 20.0 Å². The number of nitrogens with zero attached hydrogens (tertiary/aromatic N) is 2. The molecule has 2 aliphatic rings. The number of imide groups is 2. The first-order chi connectivity index (χ1) is 24.9. The molecule has 2 aliphatic heterocycles. The van der Waals surface area contributed by atoms with Crippen LogP contribution in [-0.4, -0.2) is 71.8 Å². The second-order valence-electron chi connectivity index (χ2n) is 12.3. The van der Waals surface area contributed by atoms with Gasteiger partial charge in [0.1, 0.15) is 17.5 Å². The fourth-order valence-corrected chi connectivity index (χ4v) is 7.56. The first-order valence-electron chi connectivity index (χ1n) is 16.2.